The number of ketones is 1. The second kappa shape index (κ2) is 3.73. The predicted molar refractivity (Wildman–Crippen MR) is 48.1 cm³/mol. The van der Waals surface area contributed by atoms with Crippen molar-refractivity contribution >= 4 is 11.8 Å². The number of allylic oxidation sites excluding steroid dienone is 1. The zero-order chi connectivity index (χ0) is 9.90. The number of carbonyl (C=O) groups excluding carboxylic acids is 2. The van der Waals surface area contributed by atoms with Gasteiger partial charge in [0.1, 0.15) is 5.41 Å². The first-order chi connectivity index (χ1) is 6.11. The lowest BCUT2D eigenvalue weighted by atomic mass is 9.80. The zero-order valence-electron chi connectivity index (χ0n) is 8.00. The van der Waals surface area contributed by atoms with E-state index in [0.29, 0.717) is 13.0 Å². The molecule has 0 heterocycles. The molecule has 1 aliphatic carbocycles. The van der Waals surface area contributed by atoms with Gasteiger partial charge in [0.25, 0.3) is 0 Å². The molecular weight excluding hydrogens is 168 g/mol. The Balaban J connectivity index is 2.84. The van der Waals surface area contributed by atoms with E-state index in [9.17, 15) is 9.59 Å². The SMILES string of the molecule is CCOC(=O)C1(C)C=CCCC1=O. The molecule has 0 fully saturated rings. The van der Waals surface area contributed by atoms with Gasteiger partial charge in [0, 0.05) is 6.42 Å². The molecule has 1 aliphatic rings. The molecule has 0 aromatic heterocycles. The Morgan fingerprint density at radius 1 is 1.69 bits per heavy atom. The summed E-state index contributed by atoms with van der Waals surface area (Å²) in [7, 11) is 0. The number of Topliss-reactive ketones (excluding diaryl/α,β-unsaturated/α-hetero) is 1. The van der Waals surface area contributed by atoms with E-state index in [4.69, 9.17) is 4.74 Å². The highest BCUT2D eigenvalue weighted by Crippen LogP contribution is 2.28. The third-order valence-corrected chi connectivity index (χ3v) is 2.27. The van der Waals surface area contributed by atoms with Crippen molar-refractivity contribution in [3.05, 3.63) is 12.2 Å². The van der Waals surface area contributed by atoms with Crippen LogP contribution in [-0.2, 0) is 14.3 Å². The molecule has 1 rings (SSSR count). The van der Waals surface area contributed by atoms with Gasteiger partial charge in [-0.25, -0.2) is 0 Å². The highest BCUT2D eigenvalue weighted by atomic mass is 16.5. The van der Waals surface area contributed by atoms with Crippen molar-refractivity contribution in [1.29, 1.82) is 0 Å². The van der Waals surface area contributed by atoms with Crippen molar-refractivity contribution in [2.24, 2.45) is 5.41 Å². The molecule has 13 heavy (non-hydrogen) atoms. The lowest BCUT2D eigenvalue weighted by Crippen LogP contribution is -2.37. The molecule has 0 radical (unpaired) electrons. The van der Waals surface area contributed by atoms with Crippen LogP contribution < -0.4 is 0 Å². The molecule has 0 N–H and O–H groups in total. The molecule has 72 valence electrons. The van der Waals surface area contributed by atoms with Gasteiger partial charge in [0.2, 0.25) is 0 Å². The molecule has 0 aromatic rings. The summed E-state index contributed by atoms with van der Waals surface area (Å²) in [6.45, 7) is 3.66. The Morgan fingerprint density at radius 3 is 2.92 bits per heavy atom. The maximum atomic E-state index is 11.5. The Kier molecular flexibility index (Phi) is 2.86. The zero-order valence-corrected chi connectivity index (χ0v) is 8.00. The summed E-state index contributed by atoms with van der Waals surface area (Å²) in [6.07, 6.45) is 4.68. The van der Waals surface area contributed by atoms with Crippen LogP contribution in [0.4, 0.5) is 0 Å². The number of hydrogen-bond donors (Lipinski definition) is 0. The van der Waals surface area contributed by atoms with Crippen molar-refractivity contribution in [2.45, 2.75) is 26.7 Å². The van der Waals surface area contributed by atoms with E-state index in [1.54, 1.807) is 19.9 Å². The van der Waals surface area contributed by atoms with Gasteiger partial charge in [-0.2, -0.15) is 0 Å². The fourth-order valence-electron chi connectivity index (χ4n) is 1.35. The number of hydrogen-bond acceptors (Lipinski definition) is 3. The van der Waals surface area contributed by atoms with Gasteiger partial charge in [-0.3, -0.25) is 9.59 Å². The molecule has 0 spiro atoms. The maximum absolute atomic E-state index is 11.5. The highest BCUT2D eigenvalue weighted by molar-refractivity contribution is 6.06. The first-order valence-corrected chi connectivity index (χ1v) is 4.49. The van der Waals surface area contributed by atoms with E-state index in [2.05, 4.69) is 0 Å². The van der Waals surface area contributed by atoms with Gasteiger partial charge in [-0.15, -0.1) is 0 Å². The van der Waals surface area contributed by atoms with E-state index >= 15 is 0 Å². The fraction of sp³-hybridized carbons (Fsp3) is 0.600. The van der Waals surface area contributed by atoms with Crippen LogP contribution in [0.5, 0.6) is 0 Å². The summed E-state index contributed by atoms with van der Waals surface area (Å²) in [6, 6.07) is 0. The predicted octanol–water partition coefficient (Wildman–Crippen LogP) is 1.47. The quantitative estimate of drug-likeness (QED) is 0.369. The lowest BCUT2D eigenvalue weighted by molar-refractivity contribution is -0.156. The molecule has 0 bridgehead atoms. The summed E-state index contributed by atoms with van der Waals surface area (Å²) in [5, 5.41) is 0. The summed E-state index contributed by atoms with van der Waals surface area (Å²) >= 11 is 0. The minimum Gasteiger partial charge on any atom is -0.465 e. The largest absolute Gasteiger partial charge is 0.465 e. The number of esters is 1. The smallest absolute Gasteiger partial charge is 0.323 e. The Bertz CT molecular complexity index is 255. The fourth-order valence-corrected chi connectivity index (χ4v) is 1.35. The van der Waals surface area contributed by atoms with E-state index < -0.39 is 11.4 Å². The van der Waals surface area contributed by atoms with Gasteiger partial charge in [-0.1, -0.05) is 12.2 Å². The van der Waals surface area contributed by atoms with Crippen LogP contribution in [0.3, 0.4) is 0 Å². The Morgan fingerprint density at radius 2 is 2.38 bits per heavy atom. The third kappa shape index (κ3) is 1.79. The van der Waals surface area contributed by atoms with E-state index in [-0.39, 0.29) is 5.78 Å². The van der Waals surface area contributed by atoms with Gasteiger partial charge in [-0.05, 0) is 20.3 Å². The maximum Gasteiger partial charge on any atom is 0.323 e. The van der Waals surface area contributed by atoms with Gasteiger partial charge < -0.3 is 4.74 Å². The number of ether oxygens (including phenoxy) is 1. The number of rotatable bonds is 2. The Labute approximate surface area is 77.8 Å². The average Bonchev–Trinajstić information content (AvgIpc) is 2.11. The highest BCUT2D eigenvalue weighted by Gasteiger charge is 2.40. The average molecular weight is 182 g/mol. The van der Waals surface area contributed by atoms with E-state index in [1.165, 1.54) is 0 Å². The van der Waals surface area contributed by atoms with Crippen LogP contribution in [0.2, 0.25) is 0 Å². The van der Waals surface area contributed by atoms with Crippen LogP contribution in [0, 0.1) is 5.41 Å². The van der Waals surface area contributed by atoms with E-state index in [1.807, 2.05) is 6.08 Å². The molecule has 0 amide bonds. The summed E-state index contributed by atoms with van der Waals surface area (Å²) in [5.74, 6) is -0.482. The van der Waals surface area contributed by atoms with Crippen molar-refractivity contribution in [2.75, 3.05) is 6.61 Å². The van der Waals surface area contributed by atoms with Crippen LogP contribution >= 0.6 is 0 Å². The minimum absolute atomic E-state index is 0.0477. The van der Waals surface area contributed by atoms with Crippen LogP contribution in [0.1, 0.15) is 26.7 Å². The molecule has 0 aromatic carbocycles. The van der Waals surface area contributed by atoms with Gasteiger partial charge in [0.05, 0.1) is 6.61 Å². The second-order valence-corrected chi connectivity index (χ2v) is 3.29. The van der Waals surface area contributed by atoms with Gasteiger partial charge in [0.15, 0.2) is 5.78 Å². The second-order valence-electron chi connectivity index (χ2n) is 3.29. The lowest BCUT2D eigenvalue weighted by Gasteiger charge is -2.24. The van der Waals surface area contributed by atoms with Gasteiger partial charge >= 0.3 is 5.97 Å². The molecule has 1 unspecified atom stereocenters. The molecule has 3 heteroatoms. The number of carbonyl (C=O) groups is 2. The summed E-state index contributed by atoms with van der Waals surface area (Å²) < 4.78 is 4.84. The van der Waals surface area contributed by atoms with Crippen LogP contribution in [0.25, 0.3) is 0 Å². The van der Waals surface area contributed by atoms with E-state index in [0.717, 1.165) is 6.42 Å². The van der Waals surface area contributed by atoms with Crippen LogP contribution in [-0.4, -0.2) is 18.4 Å². The minimum atomic E-state index is -1.03. The molecule has 1 atom stereocenters. The summed E-state index contributed by atoms with van der Waals surface area (Å²) in [5.41, 5.74) is -1.03. The van der Waals surface area contributed by atoms with Crippen molar-refractivity contribution < 1.29 is 14.3 Å². The first kappa shape index (κ1) is 9.96. The van der Waals surface area contributed by atoms with Crippen LogP contribution in [0.15, 0.2) is 12.2 Å². The summed E-state index contributed by atoms with van der Waals surface area (Å²) in [4.78, 5) is 22.9. The molecule has 3 nitrogen and oxygen atoms in total. The normalized spacial score (nSPS) is 27.4. The first-order valence-electron chi connectivity index (χ1n) is 4.49. The third-order valence-electron chi connectivity index (χ3n) is 2.27. The van der Waals surface area contributed by atoms with Crippen molar-refractivity contribution in [3.8, 4) is 0 Å². The molecular formula is C10H14O3. The molecule has 0 saturated carbocycles. The topological polar surface area (TPSA) is 43.4 Å². The van der Waals surface area contributed by atoms with Crippen molar-refractivity contribution in [1.82, 2.24) is 0 Å². The molecule has 0 saturated heterocycles. The monoisotopic (exact) mass is 182 g/mol. The standard InChI is InChI=1S/C10H14O3/c1-3-13-9(12)10(2)7-5-4-6-8(10)11/h5,7H,3-4,6H2,1-2H3. The van der Waals surface area contributed by atoms with Crippen molar-refractivity contribution in [3.63, 3.8) is 0 Å². The molecule has 0 aliphatic heterocycles. The Hall–Kier alpha value is -1.12.